The number of carbonyl (C=O) groups is 1. The van der Waals surface area contributed by atoms with Gasteiger partial charge in [0.25, 0.3) is 21.6 Å². The Bertz CT molecular complexity index is 2570. The zero-order chi connectivity index (χ0) is 43.3. The molecular formula is C49H53N5O7S2. The van der Waals surface area contributed by atoms with Crippen molar-refractivity contribution >= 4 is 50.4 Å². The average molecular weight is 888 g/mol. The fourth-order valence-electron chi connectivity index (χ4n) is 9.55. The third-order valence-electron chi connectivity index (χ3n) is 13.0. The summed E-state index contributed by atoms with van der Waals surface area (Å²) in [7, 11) is -4.52. The molecule has 0 radical (unpaired) electrons. The minimum atomic E-state index is -4.52. The molecule has 0 saturated carbocycles. The molecule has 2 atom stereocenters. The van der Waals surface area contributed by atoms with E-state index in [1.54, 1.807) is 30.3 Å². The number of carbonyl (C=O) groups excluding carboxylic acids is 1. The van der Waals surface area contributed by atoms with Crippen LogP contribution in [0, 0.1) is 16.0 Å². The van der Waals surface area contributed by atoms with E-state index in [1.165, 1.54) is 70.7 Å². The van der Waals surface area contributed by atoms with Crippen molar-refractivity contribution in [2.24, 2.45) is 5.92 Å². The van der Waals surface area contributed by atoms with Crippen LogP contribution < -0.4 is 19.7 Å². The lowest BCUT2D eigenvalue weighted by Crippen LogP contribution is -2.38. The fourth-order valence-corrected chi connectivity index (χ4v) is 11.6. The van der Waals surface area contributed by atoms with Crippen LogP contribution in [-0.4, -0.2) is 69.1 Å². The maximum Gasteiger partial charge on any atom is 0.293 e. The first-order valence-electron chi connectivity index (χ1n) is 22.1. The number of nitrogens with zero attached hydrogens (tertiary/aromatic N) is 3. The summed E-state index contributed by atoms with van der Waals surface area (Å²) in [5.41, 5.74) is 4.51. The van der Waals surface area contributed by atoms with Crippen LogP contribution in [0.15, 0.2) is 114 Å². The Labute approximate surface area is 373 Å². The third-order valence-corrected chi connectivity index (χ3v) is 15.4. The number of fused-ring (bicyclic) bond motifs is 2. The van der Waals surface area contributed by atoms with E-state index in [0.717, 1.165) is 69.2 Å². The van der Waals surface area contributed by atoms with Gasteiger partial charge in [0.1, 0.15) is 17.2 Å². The SMILES string of the molecule is O=C(NS(=O)(=O)c1ccc(NCC2CCOCC2)c([N+](=O)[O-])c1)c1ccc(N2CCC(=Cc3ccccc3-c3ccc(CN4C5CCC[C@@H]4CC5)s3)CC2)cc1Oc1ccccc1. The standard InChI is InChI=1S/C49H53N5O7S2/c55-49(51-63(58,59)42-17-19-45(46(31-42)54(56)57)50-32-35-23-27-60-28-24-35)44-18-15-39(30-47(44)61-40-10-2-1-3-11-40)52-25-21-34(22-26-52)29-36-7-4-5-12-43(36)48-20-16-41(62-48)33-53-37-8-6-9-38(53)14-13-37/h1-5,7,10-12,15-20,29-31,35,37-38,50H,6,8-9,13-14,21-28,32-33H2,(H,51,55)/t37-,38?/m1/s1. The molecule has 4 aliphatic heterocycles. The molecule has 1 unspecified atom stereocenters. The summed E-state index contributed by atoms with van der Waals surface area (Å²) in [6, 6.07) is 32.5. The molecular weight excluding hydrogens is 835 g/mol. The van der Waals surface area contributed by atoms with E-state index in [-0.39, 0.29) is 22.9 Å². The number of piperidine rings is 2. The van der Waals surface area contributed by atoms with Gasteiger partial charge in [0.2, 0.25) is 0 Å². The van der Waals surface area contributed by atoms with Crippen molar-refractivity contribution in [3.63, 3.8) is 0 Å². The molecule has 5 heterocycles. The van der Waals surface area contributed by atoms with Crippen LogP contribution in [-0.2, 0) is 21.3 Å². The van der Waals surface area contributed by atoms with Crippen LogP contribution in [0.1, 0.15) is 78.6 Å². The van der Waals surface area contributed by atoms with Crippen molar-refractivity contribution in [3.8, 4) is 21.9 Å². The van der Waals surface area contributed by atoms with Gasteiger partial charge in [0.15, 0.2) is 0 Å². The van der Waals surface area contributed by atoms with Crippen molar-refractivity contribution in [2.75, 3.05) is 43.1 Å². The van der Waals surface area contributed by atoms with Crippen LogP contribution in [0.4, 0.5) is 17.1 Å². The molecule has 63 heavy (non-hydrogen) atoms. The number of nitro groups is 1. The fraction of sp³-hybridized carbons (Fsp3) is 0.367. The highest BCUT2D eigenvalue weighted by atomic mass is 32.2. The monoisotopic (exact) mass is 887 g/mol. The van der Waals surface area contributed by atoms with Gasteiger partial charge in [-0.15, -0.1) is 11.3 Å². The summed E-state index contributed by atoms with van der Waals surface area (Å²) in [6.07, 6.45) is 12.5. The van der Waals surface area contributed by atoms with Gasteiger partial charge >= 0.3 is 0 Å². The van der Waals surface area contributed by atoms with Gasteiger partial charge in [-0.1, -0.05) is 60.5 Å². The molecule has 4 aromatic carbocycles. The zero-order valence-corrected chi connectivity index (χ0v) is 36.9. The number of anilines is 2. The second kappa shape index (κ2) is 19.1. The van der Waals surface area contributed by atoms with Crippen LogP contribution in [0.25, 0.3) is 16.5 Å². The van der Waals surface area contributed by atoms with Gasteiger partial charge in [-0.05, 0) is 117 Å². The number of ether oxygens (including phenoxy) is 2. The smallest absolute Gasteiger partial charge is 0.293 e. The van der Waals surface area contributed by atoms with E-state index >= 15 is 0 Å². The van der Waals surface area contributed by atoms with E-state index in [9.17, 15) is 23.3 Å². The quantitative estimate of drug-likeness (QED) is 0.0817. The van der Waals surface area contributed by atoms with E-state index in [1.807, 2.05) is 29.5 Å². The largest absolute Gasteiger partial charge is 0.456 e. The Balaban J connectivity index is 0.887. The van der Waals surface area contributed by atoms with Gasteiger partial charge < -0.3 is 19.7 Å². The Morgan fingerprint density at radius 2 is 1.62 bits per heavy atom. The molecule has 328 valence electrons. The predicted molar refractivity (Wildman–Crippen MR) is 248 cm³/mol. The number of hydrogen-bond donors (Lipinski definition) is 2. The highest BCUT2D eigenvalue weighted by Gasteiger charge is 2.36. The van der Waals surface area contributed by atoms with Gasteiger partial charge in [0.05, 0.1) is 15.4 Å². The molecule has 4 saturated heterocycles. The number of para-hydroxylation sites is 1. The maximum atomic E-state index is 13.8. The van der Waals surface area contributed by atoms with Gasteiger partial charge in [-0.2, -0.15) is 0 Å². The third kappa shape index (κ3) is 9.99. The summed E-state index contributed by atoms with van der Waals surface area (Å²) in [5, 5.41) is 15.2. The van der Waals surface area contributed by atoms with Crippen molar-refractivity contribution in [3.05, 3.63) is 135 Å². The molecule has 0 spiro atoms. The minimum absolute atomic E-state index is 0.00430. The van der Waals surface area contributed by atoms with Crippen molar-refractivity contribution in [1.29, 1.82) is 0 Å². The molecule has 5 aromatic rings. The van der Waals surface area contributed by atoms with E-state index < -0.39 is 31.4 Å². The molecule has 4 aliphatic rings. The van der Waals surface area contributed by atoms with Gasteiger partial charge in [-0.3, -0.25) is 19.8 Å². The number of amides is 1. The maximum absolute atomic E-state index is 13.8. The first kappa shape index (κ1) is 42.7. The number of sulfonamides is 1. The summed E-state index contributed by atoms with van der Waals surface area (Å²) in [5.74, 6) is 0.0244. The van der Waals surface area contributed by atoms with Gasteiger partial charge in [-0.25, -0.2) is 13.1 Å². The zero-order valence-electron chi connectivity index (χ0n) is 35.2. The first-order chi connectivity index (χ1) is 30.7. The molecule has 4 fully saturated rings. The molecule has 9 rings (SSSR count). The second-order valence-corrected chi connectivity index (χ2v) is 19.9. The topological polar surface area (TPSA) is 143 Å². The highest BCUT2D eigenvalue weighted by molar-refractivity contribution is 7.90. The Morgan fingerprint density at radius 1 is 0.873 bits per heavy atom. The molecule has 12 nitrogen and oxygen atoms in total. The highest BCUT2D eigenvalue weighted by Crippen LogP contribution is 2.40. The lowest BCUT2D eigenvalue weighted by molar-refractivity contribution is -0.384. The van der Waals surface area contributed by atoms with Crippen LogP contribution in [0.5, 0.6) is 11.5 Å². The Hall–Kier alpha value is -5.54. The normalized spacial score (nSPS) is 19.4. The van der Waals surface area contributed by atoms with E-state index in [0.29, 0.717) is 25.5 Å². The number of nitrogens with one attached hydrogen (secondary N) is 2. The van der Waals surface area contributed by atoms with Crippen molar-refractivity contribution < 1.29 is 27.6 Å². The number of thiophene rings is 1. The lowest BCUT2D eigenvalue weighted by atomic mass is 9.97. The van der Waals surface area contributed by atoms with Crippen molar-refractivity contribution in [2.45, 2.75) is 81.3 Å². The number of rotatable bonds is 14. The van der Waals surface area contributed by atoms with Crippen LogP contribution >= 0.6 is 11.3 Å². The predicted octanol–water partition coefficient (Wildman–Crippen LogP) is 10.3. The molecule has 0 aliphatic carbocycles. The summed E-state index contributed by atoms with van der Waals surface area (Å²) in [4.78, 5) is 32.6. The number of hydrogen-bond acceptors (Lipinski definition) is 11. The first-order valence-corrected chi connectivity index (χ1v) is 24.4. The Morgan fingerprint density at radius 3 is 2.38 bits per heavy atom. The van der Waals surface area contributed by atoms with Crippen LogP contribution in [0.2, 0.25) is 0 Å². The number of nitro benzene ring substituents is 1. The molecule has 14 heteroatoms. The van der Waals surface area contributed by atoms with Crippen molar-refractivity contribution in [1.82, 2.24) is 9.62 Å². The molecule has 1 amide bonds. The molecule has 1 aromatic heterocycles. The summed E-state index contributed by atoms with van der Waals surface area (Å²) >= 11 is 1.92. The van der Waals surface area contributed by atoms with E-state index in [4.69, 9.17) is 9.47 Å². The molecule has 2 bridgehead atoms. The summed E-state index contributed by atoms with van der Waals surface area (Å²) < 4.78 is 41.0. The van der Waals surface area contributed by atoms with Gasteiger partial charge in [0, 0.05) is 79.1 Å². The summed E-state index contributed by atoms with van der Waals surface area (Å²) in [6.45, 7) is 4.31. The number of benzene rings is 4. The Kier molecular flexibility index (Phi) is 12.9. The van der Waals surface area contributed by atoms with Crippen LogP contribution in [0.3, 0.4) is 0 Å². The molecule has 2 N–H and O–H groups in total. The van der Waals surface area contributed by atoms with E-state index in [2.05, 4.69) is 62.3 Å². The lowest BCUT2D eigenvalue weighted by Gasteiger charge is -2.34. The second-order valence-electron chi connectivity index (χ2n) is 17.0. The minimum Gasteiger partial charge on any atom is -0.456 e. The average Bonchev–Trinajstić information content (AvgIpc) is 3.84.